The number of ether oxygens (including phenoxy) is 1. The summed E-state index contributed by atoms with van der Waals surface area (Å²) in [4.78, 5) is 0. The van der Waals surface area contributed by atoms with Crippen LogP contribution < -0.4 is 5.32 Å². The molecule has 1 heterocycles. The van der Waals surface area contributed by atoms with Gasteiger partial charge in [0.15, 0.2) is 0 Å². The average molecular weight is 253 g/mol. The van der Waals surface area contributed by atoms with Crippen molar-refractivity contribution >= 4 is 0 Å². The number of hydrogen-bond acceptors (Lipinski definition) is 2. The zero-order valence-corrected chi connectivity index (χ0v) is 12.7. The van der Waals surface area contributed by atoms with Gasteiger partial charge < -0.3 is 10.1 Å². The lowest BCUT2D eigenvalue weighted by Gasteiger charge is -2.50. The van der Waals surface area contributed by atoms with Crippen LogP contribution in [0, 0.1) is 11.3 Å². The summed E-state index contributed by atoms with van der Waals surface area (Å²) in [5.74, 6) is 0.797. The molecule has 1 saturated carbocycles. The molecule has 0 aromatic rings. The van der Waals surface area contributed by atoms with Crippen LogP contribution >= 0.6 is 0 Å². The van der Waals surface area contributed by atoms with E-state index in [4.69, 9.17) is 4.74 Å². The van der Waals surface area contributed by atoms with Crippen molar-refractivity contribution in [3.8, 4) is 0 Å². The molecule has 1 saturated heterocycles. The summed E-state index contributed by atoms with van der Waals surface area (Å²) >= 11 is 0. The van der Waals surface area contributed by atoms with Crippen molar-refractivity contribution in [2.75, 3.05) is 13.2 Å². The predicted molar refractivity (Wildman–Crippen MR) is 76.8 cm³/mol. The molecule has 0 radical (unpaired) electrons. The van der Waals surface area contributed by atoms with Gasteiger partial charge >= 0.3 is 0 Å². The molecule has 2 heteroatoms. The molecule has 2 nitrogen and oxygen atoms in total. The average Bonchev–Trinajstić information content (AvgIpc) is 2.32. The lowest BCUT2D eigenvalue weighted by Crippen LogP contribution is -2.59. The van der Waals surface area contributed by atoms with E-state index >= 15 is 0 Å². The van der Waals surface area contributed by atoms with Crippen LogP contribution in [-0.4, -0.2) is 24.8 Å². The third kappa shape index (κ3) is 3.27. The summed E-state index contributed by atoms with van der Waals surface area (Å²) < 4.78 is 6.28. The topological polar surface area (TPSA) is 21.3 Å². The first-order chi connectivity index (χ1) is 8.44. The maximum atomic E-state index is 6.28. The minimum atomic E-state index is 0.155. The summed E-state index contributed by atoms with van der Waals surface area (Å²) in [7, 11) is 0. The Hall–Kier alpha value is -0.0800. The van der Waals surface area contributed by atoms with Gasteiger partial charge in [0.05, 0.1) is 12.2 Å². The second kappa shape index (κ2) is 5.50. The van der Waals surface area contributed by atoms with Crippen LogP contribution in [0.5, 0.6) is 0 Å². The van der Waals surface area contributed by atoms with Crippen molar-refractivity contribution in [1.29, 1.82) is 0 Å². The molecule has 2 rings (SSSR count). The molecule has 0 aromatic heterocycles. The zero-order chi connectivity index (χ0) is 13.2. The fourth-order valence-corrected chi connectivity index (χ4v) is 3.48. The van der Waals surface area contributed by atoms with Crippen molar-refractivity contribution in [2.45, 2.75) is 77.9 Å². The summed E-state index contributed by atoms with van der Waals surface area (Å²) in [5.41, 5.74) is 0.678. The highest BCUT2D eigenvalue weighted by Gasteiger charge is 2.45. The van der Waals surface area contributed by atoms with E-state index in [-0.39, 0.29) is 5.60 Å². The minimum Gasteiger partial charge on any atom is -0.372 e. The number of hydrogen-bond donors (Lipinski definition) is 1. The molecule has 1 atom stereocenters. The van der Waals surface area contributed by atoms with E-state index in [0.717, 1.165) is 19.1 Å². The molecule has 18 heavy (non-hydrogen) atoms. The Morgan fingerprint density at radius 2 is 1.83 bits per heavy atom. The highest BCUT2D eigenvalue weighted by Crippen LogP contribution is 2.45. The van der Waals surface area contributed by atoms with Crippen molar-refractivity contribution in [3.05, 3.63) is 0 Å². The van der Waals surface area contributed by atoms with Gasteiger partial charge in [-0.2, -0.15) is 0 Å². The van der Waals surface area contributed by atoms with Gasteiger partial charge in [0.1, 0.15) is 0 Å². The fraction of sp³-hybridized carbons (Fsp3) is 1.00. The first-order valence-electron chi connectivity index (χ1n) is 7.81. The minimum absolute atomic E-state index is 0.155. The molecule has 1 aliphatic heterocycles. The molecule has 0 aromatic carbocycles. The van der Waals surface area contributed by atoms with Crippen LogP contribution in [-0.2, 0) is 4.74 Å². The molecule has 1 spiro atoms. The summed E-state index contributed by atoms with van der Waals surface area (Å²) in [6.07, 6.45) is 7.70. The molecular formula is C16H31NO. The van der Waals surface area contributed by atoms with Crippen LogP contribution in [0.3, 0.4) is 0 Å². The third-order valence-electron chi connectivity index (χ3n) is 5.00. The van der Waals surface area contributed by atoms with Gasteiger partial charge in [0, 0.05) is 12.6 Å². The second-order valence-corrected chi connectivity index (χ2v) is 7.56. The van der Waals surface area contributed by atoms with E-state index in [1.165, 1.54) is 38.5 Å². The highest BCUT2D eigenvalue weighted by atomic mass is 16.5. The Labute approximate surface area is 113 Å². The smallest absolute Gasteiger partial charge is 0.0835 e. The number of rotatable bonds is 3. The second-order valence-electron chi connectivity index (χ2n) is 7.56. The Bertz CT molecular complexity index is 262. The van der Waals surface area contributed by atoms with Crippen molar-refractivity contribution in [3.63, 3.8) is 0 Å². The molecule has 2 fully saturated rings. The van der Waals surface area contributed by atoms with E-state index in [2.05, 4.69) is 33.0 Å². The Morgan fingerprint density at radius 3 is 2.44 bits per heavy atom. The summed E-state index contributed by atoms with van der Waals surface area (Å²) in [6, 6.07) is 0.588. The van der Waals surface area contributed by atoms with E-state index < -0.39 is 0 Å². The van der Waals surface area contributed by atoms with Gasteiger partial charge in [-0.3, -0.25) is 0 Å². The SMILES string of the molecule is CC(C)CCC1NCCOC12CCC(C)(C)CC2. The summed E-state index contributed by atoms with van der Waals surface area (Å²) in [5, 5.41) is 3.74. The molecule has 0 amide bonds. The van der Waals surface area contributed by atoms with Gasteiger partial charge in [0.25, 0.3) is 0 Å². The molecule has 1 unspecified atom stereocenters. The quantitative estimate of drug-likeness (QED) is 0.827. The van der Waals surface area contributed by atoms with Crippen LogP contribution in [0.25, 0.3) is 0 Å². The molecule has 2 aliphatic rings. The molecule has 0 bridgehead atoms. The van der Waals surface area contributed by atoms with E-state index in [9.17, 15) is 0 Å². The van der Waals surface area contributed by atoms with Crippen molar-refractivity contribution in [1.82, 2.24) is 5.32 Å². The largest absolute Gasteiger partial charge is 0.372 e. The van der Waals surface area contributed by atoms with Crippen molar-refractivity contribution in [2.24, 2.45) is 11.3 Å². The number of morpholine rings is 1. The molecule has 1 aliphatic carbocycles. The van der Waals surface area contributed by atoms with Crippen LogP contribution in [0.1, 0.15) is 66.2 Å². The van der Waals surface area contributed by atoms with Crippen molar-refractivity contribution < 1.29 is 4.74 Å². The molecule has 1 N–H and O–H groups in total. The third-order valence-corrected chi connectivity index (χ3v) is 5.00. The van der Waals surface area contributed by atoms with Gasteiger partial charge in [-0.25, -0.2) is 0 Å². The number of nitrogens with one attached hydrogen (secondary N) is 1. The lowest BCUT2D eigenvalue weighted by atomic mass is 9.67. The fourth-order valence-electron chi connectivity index (χ4n) is 3.48. The van der Waals surface area contributed by atoms with Gasteiger partial charge in [-0.05, 0) is 49.9 Å². The Balaban J connectivity index is 1.98. The maximum absolute atomic E-state index is 6.28. The van der Waals surface area contributed by atoms with Crippen LogP contribution in [0.15, 0.2) is 0 Å². The van der Waals surface area contributed by atoms with Gasteiger partial charge in [0.2, 0.25) is 0 Å². The summed E-state index contributed by atoms with van der Waals surface area (Å²) in [6.45, 7) is 11.4. The monoisotopic (exact) mass is 253 g/mol. The van der Waals surface area contributed by atoms with E-state index in [0.29, 0.717) is 11.5 Å². The molecular weight excluding hydrogens is 222 g/mol. The van der Waals surface area contributed by atoms with Crippen LogP contribution in [0.4, 0.5) is 0 Å². The Kier molecular flexibility index (Phi) is 4.38. The standard InChI is InChI=1S/C16H31NO/c1-13(2)5-6-14-16(18-12-11-17-14)9-7-15(3,4)8-10-16/h13-14,17H,5-12H2,1-4H3. The maximum Gasteiger partial charge on any atom is 0.0835 e. The van der Waals surface area contributed by atoms with E-state index in [1.54, 1.807) is 0 Å². The normalized spacial score (nSPS) is 30.8. The zero-order valence-electron chi connectivity index (χ0n) is 12.7. The molecule has 106 valence electrons. The first-order valence-corrected chi connectivity index (χ1v) is 7.81. The van der Waals surface area contributed by atoms with Gasteiger partial charge in [-0.1, -0.05) is 27.7 Å². The predicted octanol–water partition coefficient (Wildman–Crippen LogP) is 3.75. The lowest BCUT2D eigenvalue weighted by molar-refractivity contribution is -0.133. The Morgan fingerprint density at radius 1 is 1.17 bits per heavy atom. The highest BCUT2D eigenvalue weighted by molar-refractivity contribution is 5.00. The van der Waals surface area contributed by atoms with E-state index in [1.807, 2.05) is 0 Å². The first kappa shape index (κ1) is 14.3. The van der Waals surface area contributed by atoms with Gasteiger partial charge in [-0.15, -0.1) is 0 Å². The van der Waals surface area contributed by atoms with Crippen LogP contribution in [0.2, 0.25) is 0 Å².